The van der Waals surface area contributed by atoms with Crippen molar-refractivity contribution in [1.82, 2.24) is 25.0 Å². The topological polar surface area (TPSA) is 80.1 Å². The van der Waals surface area contributed by atoms with Gasteiger partial charge in [0.15, 0.2) is 0 Å². The summed E-state index contributed by atoms with van der Waals surface area (Å²) in [5, 5.41) is 8.97. The predicted molar refractivity (Wildman–Crippen MR) is 95.0 cm³/mol. The minimum absolute atomic E-state index is 0.00200. The number of nitrogens with zero attached hydrogens (tertiary/aromatic N) is 4. The van der Waals surface area contributed by atoms with Gasteiger partial charge in [-0.2, -0.15) is 5.10 Å². The molecular formula is C17H23N5O2S. The van der Waals surface area contributed by atoms with E-state index in [1.165, 1.54) is 27.8 Å². The normalized spacial score (nSPS) is 16.2. The van der Waals surface area contributed by atoms with E-state index >= 15 is 0 Å². The lowest BCUT2D eigenvalue weighted by Gasteiger charge is -2.31. The van der Waals surface area contributed by atoms with Crippen molar-refractivity contribution in [3.8, 4) is 0 Å². The minimum atomic E-state index is -0.500. The van der Waals surface area contributed by atoms with Crippen molar-refractivity contribution >= 4 is 23.2 Å². The summed E-state index contributed by atoms with van der Waals surface area (Å²) in [6.45, 7) is 5.10. The van der Waals surface area contributed by atoms with Gasteiger partial charge in [0.2, 0.25) is 11.8 Å². The number of thiophene rings is 1. The van der Waals surface area contributed by atoms with E-state index in [9.17, 15) is 9.59 Å². The maximum absolute atomic E-state index is 12.9. The van der Waals surface area contributed by atoms with Gasteiger partial charge in [0.25, 0.3) is 0 Å². The summed E-state index contributed by atoms with van der Waals surface area (Å²) in [6, 6.07) is 1.09. The lowest BCUT2D eigenvalue weighted by atomic mass is 10.1. The van der Waals surface area contributed by atoms with Gasteiger partial charge in [-0.1, -0.05) is 13.3 Å². The highest BCUT2D eigenvalue weighted by atomic mass is 32.1. The molecule has 0 unspecified atom stereocenters. The lowest BCUT2D eigenvalue weighted by Crippen LogP contribution is -2.50. The van der Waals surface area contributed by atoms with Crippen LogP contribution in [-0.2, 0) is 22.6 Å². The Morgan fingerprint density at radius 1 is 1.44 bits per heavy atom. The molecule has 3 heterocycles. The second-order valence-corrected chi connectivity index (χ2v) is 7.28. The first-order valence-corrected chi connectivity index (χ1v) is 9.46. The molecule has 25 heavy (non-hydrogen) atoms. The number of amides is 2. The molecule has 0 saturated heterocycles. The molecule has 1 aliphatic rings. The van der Waals surface area contributed by atoms with E-state index in [1.54, 1.807) is 18.3 Å². The van der Waals surface area contributed by atoms with Gasteiger partial charge >= 0.3 is 0 Å². The summed E-state index contributed by atoms with van der Waals surface area (Å²) in [5.74, 6) is -0.219. The lowest BCUT2D eigenvalue weighted by molar-refractivity contribution is -0.138. The zero-order valence-corrected chi connectivity index (χ0v) is 15.3. The molecule has 0 aliphatic carbocycles. The van der Waals surface area contributed by atoms with E-state index in [2.05, 4.69) is 26.8 Å². The summed E-state index contributed by atoms with van der Waals surface area (Å²) in [5.41, 5.74) is 1.22. The summed E-state index contributed by atoms with van der Waals surface area (Å²) in [6.07, 6.45) is 5.24. The number of carbonyl (C=O) groups is 2. The zero-order valence-electron chi connectivity index (χ0n) is 14.5. The average molecular weight is 361 g/mol. The standard InChI is InChI=1S/C17H23N5O2S/c1-3-4-14(20-16(23)12(2)22-11-18-10-19-22)17(24)21-7-5-15-13(9-21)6-8-25-15/h6,8,10-12,14H,3-5,7,9H2,1-2H3,(H,20,23)/t12-,14+/m1/s1. The second kappa shape index (κ2) is 7.77. The van der Waals surface area contributed by atoms with Gasteiger partial charge in [-0.05, 0) is 36.8 Å². The highest BCUT2D eigenvalue weighted by Gasteiger charge is 2.29. The molecule has 0 saturated carbocycles. The Balaban J connectivity index is 1.66. The monoisotopic (exact) mass is 361 g/mol. The molecular weight excluding hydrogens is 338 g/mol. The SMILES string of the molecule is CCC[C@H](NC(=O)[C@@H](C)n1cncn1)C(=O)N1CCc2sccc2C1. The van der Waals surface area contributed by atoms with Gasteiger partial charge in [-0.25, -0.2) is 9.67 Å². The number of fused-ring (bicyclic) bond motifs is 1. The van der Waals surface area contributed by atoms with Gasteiger partial charge < -0.3 is 10.2 Å². The first-order valence-electron chi connectivity index (χ1n) is 8.58. The molecule has 0 bridgehead atoms. The average Bonchev–Trinajstić information content (AvgIpc) is 3.30. The van der Waals surface area contributed by atoms with Crippen LogP contribution in [0.2, 0.25) is 0 Å². The van der Waals surface area contributed by atoms with Crippen LogP contribution in [0.15, 0.2) is 24.1 Å². The first-order chi connectivity index (χ1) is 12.1. The maximum Gasteiger partial charge on any atom is 0.245 e. The smallest absolute Gasteiger partial charge is 0.245 e. The maximum atomic E-state index is 12.9. The fraction of sp³-hybridized carbons (Fsp3) is 0.529. The summed E-state index contributed by atoms with van der Waals surface area (Å²) in [7, 11) is 0. The van der Waals surface area contributed by atoms with Crippen molar-refractivity contribution in [2.24, 2.45) is 0 Å². The van der Waals surface area contributed by atoms with E-state index in [0.717, 1.165) is 12.8 Å². The Hall–Kier alpha value is -2.22. The number of nitrogens with one attached hydrogen (secondary N) is 1. The van der Waals surface area contributed by atoms with E-state index in [-0.39, 0.29) is 11.8 Å². The van der Waals surface area contributed by atoms with Crippen molar-refractivity contribution in [1.29, 1.82) is 0 Å². The van der Waals surface area contributed by atoms with Crippen LogP contribution in [0.25, 0.3) is 0 Å². The van der Waals surface area contributed by atoms with E-state index < -0.39 is 12.1 Å². The van der Waals surface area contributed by atoms with Crippen molar-refractivity contribution < 1.29 is 9.59 Å². The molecule has 2 aromatic heterocycles. The van der Waals surface area contributed by atoms with Crippen molar-refractivity contribution in [3.63, 3.8) is 0 Å². The Bertz CT molecular complexity index is 727. The molecule has 2 aromatic rings. The van der Waals surface area contributed by atoms with Gasteiger partial charge in [-0.15, -0.1) is 11.3 Å². The Labute approximate surface area is 151 Å². The molecule has 1 aliphatic heterocycles. The van der Waals surface area contributed by atoms with Gasteiger partial charge in [0, 0.05) is 18.0 Å². The molecule has 0 spiro atoms. The van der Waals surface area contributed by atoms with Crippen LogP contribution >= 0.6 is 11.3 Å². The number of hydrogen-bond acceptors (Lipinski definition) is 5. The second-order valence-electron chi connectivity index (χ2n) is 6.28. The Morgan fingerprint density at radius 3 is 3.00 bits per heavy atom. The van der Waals surface area contributed by atoms with Crippen molar-refractivity contribution in [2.45, 2.75) is 51.7 Å². The zero-order chi connectivity index (χ0) is 17.8. The Kier molecular flexibility index (Phi) is 5.47. The third-order valence-corrected chi connectivity index (χ3v) is 5.55. The minimum Gasteiger partial charge on any atom is -0.342 e. The predicted octanol–water partition coefficient (Wildman–Crippen LogP) is 1.77. The number of rotatable bonds is 6. The molecule has 0 fully saturated rings. The molecule has 2 amide bonds. The van der Waals surface area contributed by atoms with Gasteiger partial charge in [0.1, 0.15) is 24.7 Å². The van der Waals surface area contributed by atoms with Crippen LogP contribution in [0.3, 0.4) is 0 Å². The van der Waals surface area contributed by atoms with E-state index in [4.69, 9.17) is 0 Å². The van der Waals surface area contributed by atoms with Gasteiger partial charge in [0.05, 0.1) is 0 Å². The third kappa shape index (κ3) is 3.89. The van der Waals surface area contributed by atoms with Crippen LogP contribution in [0, 0.1) is 0 Å². The van der Waals surface area contributed by atoms with Crippen LogP contribution < -0.4 is 5.32 Å². The molecule has 8 heteroatoms. The van der Waals surface area contributed by atoms with Crippen molar-refractivity contribution in [3.05, 3.63) is 34.5 Å². The Morgan fingerprint density at radius 2 is 2.28 bits per heavy atom. The van der Waals surface area contributed by atoms with E-state index in [1.807, 2.05) is 11.8 Å². The van der Waals surface area contributed by atoms with Crippen LogP contribution in [0.1, 0.15) is 43.2 Å². The van der Waals surface area contributed by atoms with Crippen LogP contribution in [0.4, 0.5) is 0 Å². The first kappa shape index (κ1) is 17.6. The largest absolute Gasteiger partial charge is 0.342 e. The summed E-state index contributed by atoms with van der Waals surface area (Å²) in [4.78, 5) is 32.5. The molecule has 0 radical (unpaired) electrons. The molecule has 3 rings (SSSR count). The molecule has 2 atom stereocenters. The fourth-order valence-corrected chi connectivity index (χ4v) is 3.92. The van der Waals surface area contributed by atoms with Crippen molar-refractivity contribution in [2.75, 3.05) is 6.54 Å². The summed E-state index contributed by atoms with van der Waals surface area (Å²) < 4.78 is 1.49. The number of hydrogen-bond donors (Lipinski definition) is 1. The van der Waals surface area contributed by atoms with Crippen LogP contribution in [-0.4, -0.2) is 44.1 Å². The van der Waals surface area contributed by atoms with Crippen LogP contribution in [0.5, 0.6) is 0 Å². The molecule has 1 N–H and O–H groups in total. The highest BCUT2D eigenvalue weighted by Crippen LogP contribution is 2.24. The third-order valence-electron chi connectivity index (χ3n) is 4.52. The molecule has 0 aromatic carbocycles. The number of carbonyl (C=O) groups excluding carboxylic acids is 2. The molecule has 7 nitrogen and oxygen atoms in total. The number of aromatic nitrogens is 3. The highest BCUT2D eigenvalue weighted by molar-refractivity contribution is 7.10. The van der Waals surface area contributed by atoms with Gasteiger partial charge in [-0.3, -0.25) is 9.59 Å². The summed E-state index contributed by atoms with van der Waals surface area (Å²) >= 11 is 1.75. The quantitative estimate of drug-likeness (QED) is 0.850. The van der Waals surface area contributed by atoms with E-state index in [0.29, 0.717) is 19.5 Å². The fourth-order valence-electron chi connectivity index (χ4n) is 3.03. The molecule has 134 valence electrons.